The molecule has 0 aliphatic carbocycles. The van der Waals surface area contributed by atoms with Crippen LogP contribution < -0.4 is 10.1 Å². The molecule has 9 heteroatoms. The summed E-state index contributed by atoms with van der Waals surface area (Å²) in [7, 11) is 3.70. The highest BCUT2D eigenvalue weighted by atomic mass is 32.1. The van der Waals surface area contributed by atoms with Crippen molar-refractivity contribution in [2.24, 2.45) is 7.05 Å². The fourth-order valence-corrected chi connectivity index (χ4v) is 5.45. The minimum absolute atomic E-state index is 0.245. The summed E-state index contributed by atoms with van der Waals surface area (Å²) in [4.78, 5) is 19.3. The highest BCUT2D eigenvalue weighted by Crippen LogP contribution is 2.37. The molecule has 1 N–H and O–H groups in total. The number of nitrogens with one attached hydrogen (secondary N) is 1. The van der Waals surface area contributed by atoms with Gasteiger partial charge >= 0.3 is 0 Å². The molecule has 0 spiro atoms. The third kappa shape index (κ3) is 4.38. The van der Waals surface area contributed by atoms with Gasteiger partial charge in [0.2, 0.25) is 0 Å². The molecule has 0 amide bonds. The second kappa shape index (κ2) is 9.69. The van der Waals surface area contributed by atoms with Gasteiger partial charge in [0, 0.05) is 43.0 Å². The summed E-state index contributed by atoms with van der Waals surface area (Å²) in [6.45, 7) is 8.27. The van der Waals surface area contributed by atoms with Gasteiger partial charge in [-0.25, -0.2) is 15.0 Å². The zero-order chi connectivity index (χ0) is 23.7. The van der Waals surface area contributed by atoms with E-state index in [2.05, 4.69) is 35.1 Å². The van der Waals surface area contributed by atoms with E-state index < -0.39 is 0 Å². The van der Waals surface area contributed by atoms with Crippen molar-refractivity contribution in [3.63, 3.8) is 0 Å². The first-order valence-electron chi connectivity index (χ1n) is 11.5. The summed E-state index contributed by atoms with van der Waals surface area (Å²) in [5.41, 5.74) is 2.21. The molecule has 3 aromatic heterocycles. The first kappa shape index (κ1) is 22.8. The van der Waals surface area contributed by atoms with Crippen molar-refractivity contribution in [2.75, 3.05) is 38.7 Å². The van der Waals surface area contributed by atoms with Crippen molar-refractivity contribution in [2.45, 2.75) is 26.4 Å². The maximum absolute atomic E-state index is 5.72. The lowest BCUT2D eigenvalue weighted by Crippen LogP contribution is -2.36. The molecular weight excluding hydrogens is 448 g/mol. The first-order chi connectivity index (χ1) is 16.5. The van der Waals surface area contributed by atoms with Crippen molar-refractivity contribution in [1.29, 1.82) is 0 Å². The lowest BCUT2D eigenvalue weighted by molar-refractivity contribution is 0.0331. The summed E-state index contributed by atoms with van der Waals surface area (Å²) in [6.07, 6.45) is 3.78. The minimum atomic E-state index is -0.245. The topological polar surface area (TPSA) is 77.3 Å². The number of hydrogen-bond donors (Lipinski definition) is 1. The van der Waals surface area contributed by atoms with Gasteiger partial charge in [-0.3, -0.25) is 4.90 Å². The van der Waals surface area contributed by atoms with Gasteiger partial charge in [0.25, 0.3) is 0 Å². The van der Waals surface area contributed by atoms with Gasteiger partial charge in [-0.15, -0.1) is 11.3 Å². The number of imidazole rings is 1. The Labute approximate surface area is 203 Å². The van der Waals surface area contributed by atoms with Crippen molar-refractivity contribution in [1.82, 2.24) is 24.4 Å². The van der Waals surface area contributed by atoms with E-state index in [1.807, 2.05) is 42.2 Å². The lowest BCUT2D eigenvalue weighted by atomic mass is 10.0. The Hall–Kier alpha value is -3.01. The number of aromatic nitrogens is 4. The van der Waals surface area contributed by atoms with Crippen LogP contribution in [-0.2, 0) is 18.3 Å². The molecule has 4 aromatic rings. The maximum atomic E-state index is 5.72. The molecule has 5 rings (SSSR count). The minimum Gasteiger partial charge on any atom is -0.496 e. The molecule has 0 bridgehead atoms. The fraction of sp³-hybridized carbons (Fsp3) is 0.400. The average Bonchev–Trinajstić information content (AvgIpc) is 3.40. The third-order valence-corrected chi connectivity index (χ3v) is 7.49. The monoisotopic (exact) mass is 478 g/mol. The summed E-state index contributed by atoms with van der Waals surface area (Å²) < 4.78 is 13.3. The molecule has 0 saturated carbocycles. The zero-order valence-corrected chi connectivity index (χ0v) is 20.9. The molecule has 1 aromatic carbocycles. The van der Waals surface area contributed by atoms with Crippen LogP contribution >= 0.6 is 11.3 Å². The molecule has 1 unspecified atom stereocenters. The Morgan fingerprint density at radius 2 is 1.97 bits per heavy atom. The average molecular weight is 479 g/mol. The van der Waals surface area contributed by atoms with Crippen molar-refractivity contribution >= 4 is 27.4 Å². The standard InChI is InChI=1S/C25H30N6O2S/c1-16-17(2)34-25-21(16)23(27-20(28-25)15-31-11-13-33-14-12-31)29-22(24-26-9-10-30(24)3)18-7-5-6-8-19(18)32-4/h5-10,22H,11-15H2,1-4H3,(H,27,28,29). The summed E-state index contributed by atoms with van der Waals surface area (Å²) in [5.74, 6) is 3.33. The van der Waals surface area contributed by atoms with Gasteiger partial charge in [0.1, 0.15) is 34.1 Å². The number of hydrogen-bond acceptors (Lipinski definition) is 8. The molecule has 34 heavy (non-hydrogen) atoms. The van der Waals surface area contributed by atoms with Crippen LogP contribution in [0.15, 0.2) is 36.7 Å². The number of para-hydroxylation sites is 1. The molecular formula is C25H30N6O2S. The van der Waals surface area contributed by atoms with E-state index in [1.165, 1.54) is 10.4 Å². The molecule has 178 valence electrons. The second-order valence-electron chi connectivity index (χ2n) is 8.56. The number of nitrogens with zero attached hydrogens (tertiary/aromatic N) is 5. The summed E-state index contributed by atoms with van der Waals surface area (Å²) >= 11 is 1.72. The number of anilines is 1. The fourth-order valence-electron chi connectivity index (χ4n) is 4.41. The van der Waals surface area contributed by atoms with E-state index in [1.54, 1.807) is 18.4 Å². The molecule has 8 nitrogen and oxygen atoms in total. The summed E-state index contributed by atoms with van der Waals surface area (Å²) in [6, 6.07) is 7.81. The van der Waals surface area contributed by atoms with Crippen LogP contribution in [0.2, 0.25) is 0 Å². The predicted molar refractivity (Wildman–Crippen MR) is 135 cm³/mol. The Morgan fingerprint density at radius 1 is 1.18 bits per heavy atom. The largest absolute Gasteiger partial charge is 0.496 e. The van der Waals surface area contributed by atoms with Crippen molar-refractivity contribution < 1.29 is 9.47 Å². The molecule has 1 atom stereocenters. The number of aryl methyl sites for hydroxylation is 3. The van der Waals surface area contributed by atoms with Crippen LogP contribution in [0.3, 0.4) is 0 Å². The Bertz CT molecular complexity index is 1290. The quantitative estimate of drug-likeness (QED) is 0.429. The normalized spacial score (nSPS) is 15.5. The Balaban J connectivity index is 1.61. The Kier molecular flexibility index (Phi) is 6.49. The zero-order valence-electron chi connectivity index (χ0n) is 20.0. The van der Waals surface area contributed by atoms with Gasteiger partial charge in [0.15, 0.2) is 0 Å². The highest BCUT2D eigenvalue weighted by molar-refractivity contribution is 7.18. The number of ether oxygens (including phenoxy) is 2. The predicted octanol–water partition coefficient (Wildman–Crippen LogP) is 4.08. The first-order valence-corrected chi connectivity index (χ1v) is 12.3. The van der Waals surface area contributed by atoms with Crippen LogP contribution in [0.25, 0.3) is 10.2 Å². The molecule has 1 aliphatic heterocycles. The van der Waals surface area contributed by atoms with Gasteiger partial charge in [-0.2, -0.15) is 0 Å². The van der Waals surface area contributed by atoms with Gasteiger partial charge < -0.3 is 19.4 Å². The lowest BCUT2D eigenvalue weighted by Gasteiger charge is -2.26. The van der Waals surface area contributed by atoms with E-state index in [0.717, 1.165) is 65.3 Å². The second-order valence-corrected chi connectivity index (χ2v) is 9.76. The number of fused-ring (bicyclic) bond motifs is 1. The molecule has 1 fully saturated rings. The van der Waals surface area contributed by atoms with Gasteiger partial charge in [-0.1, -0.05) is 18.2 Å². The van der Waals surface area contributed by atoms with E-state index in [-0.39, 0.29) is 6.04 Å². The van der Waals surface area contributed by atoms with Crippen LogP contribution in [-0.4, -0.2) is 57.8 Å². The molecule has 1 saturated heterocycles. The number of rotatable bonds is 7. The van der Waals surface area contributed by atoms with Gasteiger partial charge in [-0.05, 0) is 25.5 Å². The number of methoxy groups -OCH3 is 1. The van der Waals surface area contributed by atoms with Crippen LogP contribution in [0.4, 0.5) is 5.82 Å². The van der Waals surface area contributed by atoms with E-state index in [0.29, 0.717) is 6.54 Å². The van der Waals surface area contributed by atoms with Gasteiger partial charge in [0.05, 0.1) is 32.3 Å². The van der Waals surface area contributed by atoms with E-state index >= 15 is 0 Å². The molecule has 0 radical (unpaired) electrons. The number of thiophene rings is 1. The van der Waals surface area contributed by atoms with E-state index in [4.69, 9.17) is 19.4 Å². The number of benzene rings is 1. The van der Waals surface area contributed by atoms with Crippen LogP contribution in [0.5, 0.6) is 5.75 Å². The molecule has 4 heterocycles. The van der Waals surface area contributed by atoms with E-state index in [9.17, 15) is 0 Å². The van der Waals surface area contributed by atoms with Crippen molar-refractivity contribution in [3.05, 3.63) is 64.3 Å². The maximum Gasteiger partial charge on any atom is 0.146 e. The number of morpholine rings is 1. The Morgan fingerprint density at radius 3 is 2.71 bits per heavy atom. The molecule has 1 aliphatic rings. The van der Waals surface area contributed by atoms with Crippen LogP contribution in [0.1, 0.15) is 33.7 Å². The van der Waals surface area contributed by atoms with Crippen molar-refractivity contribution in [3.8, 4) is 5.75 Å². The van der Waals surface area contributed by atoms with Crippen LogP contribution in [0, 0.1) is 13.8 Å². The third-order valence-electron chi connectivity index (χ3n) is 6.39. The smallest absolute Gasteiger partial charge is 0.146 e. The highest BCUT2D eigenvalue weighted by Gasteiger charge is 2.25. The SMILES string of the molecule is COc1ccccc1C(Nc1nc(CN2CCOCC2)nc2sc(C)c(C)c12)c1nccn1C. The summed E-state index contributed by atoms with van der Waals surface area (Å²) in [5, 5.41) is 4.81.